The molecule has 0 saturated heterocycles. The predicted molar refractivity (Wildman–Crippen MR) is 103 cm³/mol. The molecule has 0 aliphatic carbocycles. The SMILES string of the molecule is CCCCCCCCCCCCCCOc1ccc(S(=O)(=O)O)cc1. The van der Waals surface area contributed by atoms with Crippen molar-refractivity contribution in [3.05, 3.63) is 24.3 Å². The number of benzene rings is 1. The summed E-state index contributed by atoms with van der Waals surface area (Å²) in [6.07, 6.45) is 15.7. The minimum Gasteiger partial charge on any atom is -0.494 e. The third-order valence-electron chi connectivity index (χ3n) is 4.39. The van der Waals surface area contributed by atoms with Gasteiger partial charge in [-0.3, -0.25) is 4.55 Å². The Labute approximate surface area is 153 Å². The Morgan fingerprint density at radius 1 is 0.760 bits per heavy atom. The molecule has 1 aromatic carbocycles. The number of hydrogen-bond acceptors (Lipinski definition) is 3. The minimum atomic E-state index is -4.12. The van der Waals surface area contributed by atoms with Crippen LogP contribution in [-0.4, -0.2) is 19.6 Å². The van der Waals surface area contributed by atoms with E-state index in [2.05, 4.69) is 6.92 Å². The predicted octanol–water partition coefficient (Wildman–Crippen LogP) is 6.01. The molecule has 0 saturated carbocycles. The van der Waals surface area contributed by atoms with Gasteiger partial charge in [-0.25, -0.2) is 0 Å². The molecule has 0 spiro atoms. The van der Waals surface area contributed by atoms with Gasteiger partial charge in [-0.15, -0.1) is 0 Å². The maximum Gasteiger partial charge on any atom is 0.294 e. The molecule has 0 fully saturated rings. The van der Waals surface area contributed by atoms with E-state index in [1.165, 1.54) is 82.8 Å². The zero-order valence-electron chi connectivity index (χ0n) is 15.6. The number of rotatable bonds is 15. The fourth-order valence-electron chi connectivity index (χ4n) is 2.84. The van der Waals surface area contributed by atoms with Crippen molar-refractivity contribution in [2.45, 2.75) is 88.9 Å². The van der Waals surface area contributed by atoms with E-state index in [1.54, 1.807) is 12.1 Å². The first kappa shape index (κ1) is 22.0. The molecular weight excluding hydrogens is 336 g/mol. The third kappa shape index (κ3) is 11.2. The smallest absolute Gasteiger partial charge is 0.294 e. The Morgan fingerprint density at radius 2 is 1.20 bits per heavy atom. The lowest BCUT2D eigenvalue weighted by Gasteiger charge is -2.07. The second kappa shape index (κ2) is 13.2. The molecule has 0 amide bonds. The average molecular weight is 371 g/mol. The molecule has 0 radical (unpaired) electrons. The van der Waals surface area contributed by atoms with Crippen molar-refractivity contribution in [3.63, 3.8) is 0 Å². The lowest BCUT2D eigenvalue weighted by molar-refractivity contribution is 0.304. The lowest BCUT2D eigenvalue weighted by Crippen LogP contribution is -2.00. The summed E-state index contributed by atoms with van der Waals surface area (Å²) in [4.78, 5) is -0.106. The van der Waals surface area contributed by atoms with Crippen LogP contribution in [0.15, 0.2) is 29.2 Å². The van der Waals surface area contributed by atoms with Crippen LogP contribution >= 0.6 is 0 Å². The molecule has 0 unspecified atom stereocenters. The molecule has 5 heteroatoms. The maximum absolute atomic E-state index is 10.9. The Balaban J connectivity index is 1.93. The molecule has 0 aliphatic heterocycles. The van der Waals surface area contributed by atoms with Crippen molar-refractivity contribution in [2.75, 3.05) is 6.61 Å². The van der Waals surface area contributed by atoms with Crippen molar-refractivity contribution in [1.29, 1.82) is 0 Å². The van der Waals surface area contributed by atoms with Crippen LogP contribution in [0.2, 0.25) is 0 Å². The van der Waals surface area contributed by atoms with Crippen molar-refractivity contribution in [1.82, 2.24) is 0 Å². The van der Waals surface area contributed by atoms with Crippen LogP contribution in [0.5, 0.6) is 5.75 Å². The van der Waals surface area contributed by atoms with Gasteiger partial charge >= 0.3 is 0 Å². The summed E-state index contributed by atoms with van der Waals surface area (Å²) < 4.78 is 36.4. The first-order valence-electron chi connectivity index (χ1n) is 9.74. The molecule has 0 bridgehead atoms. The Bertz CT molecular complexity index is 537. The van der Waals surface area contributed by atoms with Gasteiger partial charge in [0.1, 0.15) is 5.75 Å². The van der Waals surface area contributed by atoms with E-state index in [-0.39, 0.29) is 4.90 Å². The van der Waals surface area contributed by atoms with E-state index >= 15 is 0 Å². The number of unbranched alkanes of at least 4 members (excludes halogenated alkanes) is 11. The van der Waals surface area contributed by atoms with Gasteiger partial charge in [0.2, 0.25) is 0 Å². The van der Waals surface area contributed by atoms with Crippen LogP contribution in [0.4, 0.5) is 0 Å². The van der Waals surface area contributed by atoms with Crippen molar-refractivity contribution in [3.8, 4) is 5.75 Å². The van der Waals surface area contributed by atoms with E-state index in [0.717, 1.165) is 6.42 Å². The fourth-order valence-corrected chi connectivity index (χ4v) is 3.32. The molecule has 1 N–H and O–H groups in total. The van der Waals surface area contributed by atoms with E-state index in [4.69, 9.17) is 9.29 Å². The fraction of sp³-hybridized carbons (Fsp3) is 0.700. The molecular formula is C20H34O4S. The van der Waals surface area contributed by atoms with Crippen LogP contribution < -0.4 is 4.74 Å². The summed E-state index contributed by atoms with van der Waals surface area (Å²) >= 11 is 0. The summed E-state index contributed by atoms with van der Waals surface area (Å²) in [6, 6.07) is 5.85. The first-order valence-corrected chi connectivity index (χ1v) is 11.2. The Morgan fingerprint density at radius 3 is 1.64 bits per heavy atom. The van der Waals surface area contributed by atoms with Gasteiger partial charge in [-0.1, -0.05) is 77.6 Å². The highest BCUT2D eigenvalue weighted by Gasteiger charge is 2.08. The van der Waals surface area contributed by atoms with Gasteiger partial charge in [-0.2, -0.15) is 8.42 Å². The molecule has 4 nitrogen and oxygen atoms in total. The normalized spacial score (nSPS) is 11.6. The number of hydrogen-bond donors (Lipinski definition) is 1. The molecule has 0 aromatic heterocycles. The largest absolute Gasteiger partial charge is 0.494 e. The lowest BCUT2D eigenvalue weighted by atomic mass is 10.1. The third-order valence-corrected chi connectivity index (χ3v) is 5.26. The highest BCUT2D eigenvalue weighted by atomic mass is 32.2. The standard InChI is InChI=1S/C20H34O4S/c1-2-3-4-5-6-7-8-9-10-11-12-13-18-24-19-14-16-20(17-15-19)25(21,22)23/h14-17H,2-13,18H2,1H3,(H,21,22,23). The minimum absolute atomic E-state index is 0.106. The second-order valence-electron chi connectivity index (χ2n) is 6.68. The van der Waals surface area contributed by atoms with Crippen LogP contribution in [0.1, 0.15) is 84.0 Å². The Hall–Kier alpha value is -1.07. The number of ether oxygens (including phenoxy) is 1. The van der Waals surface area contributed by atoms with E-state index in [1.807, 2.05) is 0 Å². The highest BCUT2D eigenvalue weighted by molar-refractivity contribution is 7.85. The Kier molecular flexibility index (Phi) is 11.6. The quantitative estimate of drug-likeness (QED) is 0.303. The molecule has 144 valence electrons. The second-order valence-corrected chi connectivity index (χ2v) is 8.11. The van der Waals surface area contributed by atoms with E-state index in [9.17, 15) is 8.42 Å². The summed E-state index contributed by atoms with van der Waals surface area (Å²) in [6.45, 7) is 2.90. The van der Waals surface area contributed by atoms with Crippen molar-refractivity contribution in [2.24, 2.45) is 0 Å². The van der Waals surface area contributed by atoms with Crippen LogP contribution in [0.25, 0.3) is 0 Å². The van der Waals surface area contributed by atoms with Crippen molar-refractivity contribution < 1.29 is 17.7 Å². The van der Waals surface area contributed by atoms with Crippen molar-refractivity contribution >= 4 is 10.1 Å². The monoisotopic (exact) mass is 370 g/mol. The summed E-state index contributed by atoms with van der Waals surface area (Å²) in [7, 11) is -4.12. The van der Waals surface area contributed by atoms with Gasteiger partial charge in [-0.05, 0) is 30.7 Å². The summed E-state index contributed by atoms with van der Waals surface area (Å²) in [5.41, 5.74) is 0. The van der Waals surface area contributed by atoms with Gasteiger partial charge < -0.3 is 4.74 Å². The summed E-state index contributed by atoms with van der Waals surface area (Å²) in [5.74, 6) is 0.635. The van der Waals surface area contributed by atoms with E-state index in [0.29, 0.717) is 12.4 Å². The van der Waals surface area contributed by atoms with Gasteiger partial charge in [0.25, 0.3) is 10.1 Å². The summed E-state index contributed by atoms with van der Waals surface area (Å²) in [5, 5.41) is 0. The van der Waals surface area contributed by atoms with Crippen LogP contribution in [0, 0.1) is 0 Å². The molecule has 0 aliphatic rings. The van der Waals surface area contributed by atoms with Gasteiger partial charge in [0, 0.05) is 0 Å². The zero-order valence-corrected chi connectivity index (χ0v) is 16.4. The van der Waals surface area contributed by atoms with Crippen LogP contribution in [0.3, 0.4) is 0 Å². The van der Waals surface area contributed by atoms with Crippen LogP contribution in [-0.2, 0) is 10.1 Å². The molecule has 1 rings (SSSR count). The van der Waals surface area contributed by atoms with E-state index < -0.39 is 10.1 Å². The molecule has 0 atom stereocenters. The molecule has 1 aromatic rings. The highest BCUT2D eigenvalue weighted by Crippen LogP contribution is 2.16. The molecule has 25 heavy (non-hydrogen) atoms. The maximum atomic E-state index is 10.9. The van der Waals surface area contributed by atoms with Gasteiger partial charge in [0.05, 0.1) is 11.5 Å². The zero-order chi connectivity index (χ0) is 18.4. The van der Waals surface area contributed by atoms with Gasteiger partial charge in [0.15, 0.2) is 0 Å². The first-order chi connectivity index (χ1) is 12.0. The topological polar surface area (TPSA) is 63.6 Å². The average Bonchev–Trinajstić information content (AvgIpc) is 2.58. The molecule has 0 heterocycles.